The minimum absolute atomic E-state index is 0.0518. The highest BCUT2D eigenvalue weighted by molar-refractivity contribution is 7.99. The van der Waals surface area contributed by atoms with E-state index in [-0.39, 0.29) is 23.7 Å². The summed E-state index contributed by atoms with van der Waals surface area (Å²) in [6.45, 7) is 0.927. The van der Waals surface area contributed by atoms with Crippen molar-refractivity contribution in [1.82, 2.24) is 14.6 Å². The van der Waals surface area contributed by atoms with Crippen LogP contribution in [0.15, 0.2) is 18.2 Å². The average Bonchev–Trinajstić information content (AvgIpc) is 2.55. The molecule has 0 saturated carbocycles. The number of nitrogens with zero attached hydrogens (tertiary/aromatic N) is 2. The van der Waals surface area contributed by atoms with E-state index in [1.165, 1.54) is 22.5 Å². The van der Waals surface area contributed by atoms with Crippen LogP contribution in [-0.2, 0) is 10.0 Å². The van der Waals surface area contributed by atoms with Gasteiger partial charge in [-0.15, -0.1) is 0 Å². The van der Waals surface area contributed by atoms with E-state index >= 15 is 0 Å². The highest BCUT2D eigenvalue weighted by Gasteiger charge is 2.24. The lowest BCUT2D eigenvalue weighted by atomic mass is 10.3. The number of rotatable bonds is 6. The molecule has 1 aliphatic heterocycles. The van der Waals surface area contributed by atoms with E-state index in [9.17, 15) is 18.0 Å². The second kappa shape index (κ2) is 7.75. The molecule has 0 atom stereocenters. The lowest BCUT2D eigenvalue weighted by Gasteiger charge is -2.25. The first-order chi connectivity index (χ1) is 10.9. The molecule has 126 valence electrons. The van der Waals surface area contributed by atoms with Gasteiger partial charge >= 0.3 is 5.97 Å². The quantitative estimate of drug-likeness (QED) is 0.728. The topological polar surface area (TPSA) is 117 Å². The third-order valence-electron chi connectivity index (χ3n) is 3.21. The summed E-state index contributed by atoms with van der Waals surface area (Å²) in [6, 6.07) is 4.06. The summed E-state index contributed by atoms with van der Waals surface area (Å²) in [5.74, 6) is -0.473. The Hall–Kier alpha value is -1.65. The Morgan fingerprint density at radius 1 is 1.26 bits per heavy atom. The fourth-order valence-corrected chi connectivity index (χ4v) is 4.51. The van der Waals surface area contributed by atoms with Crippen LogP contribution in [0.1, 0.15) is 21.0 Å². The molecule has 0 bridgehead atoms. The van der Waals surface area contributed by atoms with Gasteiger partial charge in [-0.3, -0.25) is 4.79 Å². The van der Waals surface area contributed by atoms with Crippen LogP contribution < -0.4 is 5.32 Å². The molecule has 2 heterocycles. The first-order valence-electron chi connectivity index (χ1n) is 6.94. The Morgan fingerprint density at radius 2 is 1.91 bits per heavy atom. The number of carbonyl (C=O) groups is 2. The SMILES string of the molecule is O=C(O)c1cccc(C(=O)NCCS(=O)(=O)N2CCSCC2)n1. The number of nitrogens with one attached hydrogen (secondary N) is 1. The van der Waals surface area contributed by atoms with Gasteiger partial charge in [-0.1, -0.05) is 6.07 Å². The third-order valence-corrected chi connectivity index (χ3v) is 6.02. The van der Waals surface area contributed by atoms with Crippen LogP contribution in [0.5, 0.6) is 0 Å². The van der Waals surface area contributed by atoms with Crippen LogP contribution in [0.3, 0.4) is 0 Å². The van der Waals surface area contributed by atoms with E-state index < -0.39 is 21.9 Å². The van der Waals surface area contributed by atoms with Crippen LogP contribution in [-0.4, -0.2) is 71.6 Å². The van der Waals surface area contributed by atoms with Crippen molar-refractivity contribution in [3.8, 4) is 0 Å². The summed E-state index contributed by atoms with van der Waals surface area (Å²) in [4.78, 5) is 26.4. The van der Waals surface area contributed by atoms with Gasteiger partial charge in [0.15, 0.2) is 0 Å². The molecule has 23 heavy (non-hydrogen) atoms. The number of sulfonamides is 1. The molecule has 8 nitrogen and oxygen atoms in total. The zero-order valence-corrected chi connectivity index (χ0v) is 13.9. The normalized spacial score (nSPS) is 16.0. The molecule has 1 fully saturated rings. The predicted octanol–water partition coefficient (Wildman–Crippen LogP) is -0.112. The molecule has 1 aliphatic rings. The number of hydrogen-bond acceptors (Lipinski definition) is 6. The monoisotopic (exact) mass is 359 g/mol. The number of pyridine rings is 1. The number of carboxylic acid groups (broad SMARTS) is 1. The first kappa shape index (κ1) is 17.7. The van der Waals surface area contributed by atoms with E-state index in [1.807, 2.05) is 0 Å². The summed E-state index contributed by atoms with van der Waals surface area (Å²) in [7, 11) is -3.39. The smallest absolute Gasteiger partial charge is 0.354 e. The van der Waals surface area contributed by atoms with Crippen LogP contribution in [0.4, 0.5) is 0 Å². The fourth-order valence-electron chi connectivity index (χ4n) is 2.02. The standard InChI is InChI=1S/C13H17N3O5S2/c17-12(10-2-1-3-11(15-10)13(18)19)14-4-9-23(20,21)16-5-7-22-8-6-16/h1-3H,4-9H2,(H,14,17)(H,18,19). The lowest BCUT2D eigenvalue weighted by Crippen LogP contribution is -2.42. The molecular weight excluding hydrogens is 342 g/mol. The summed E-state index contributed by atoms with van der Waals surface area (Å²) in [5.41, 5.74) is -0.298. The van der Waals surface area contributed by atoms with Gasteiger partial charge in [-0.25, -0.2) is 22.5 Å². The maximum Gasteiger partial charge on any atom is 0.354 e. The Bertz CT molecular complexity index is 687. The summed E-state index contributed by atoms with van der Waals surface area (Å²) >= 11 is 1.71. The maximum atomic E-state index is 12.1. The predicted molar refractivity (Wildman–Crippen MR) is 86.2 cm³/mol. The van der Waals surface area contributed by atoms with Gasteiger partial charge in [0.1, 0.15) is 11.4 Å². The van der Waals surface area contributed by atoms with Crippen molar-refractivity contribution < 1.29 is 23.1 Å². The van der Waals surface area contributed by atoms with Gasteiger partial charge in [0.25, 0.3) is 5.91 Å². The van der Waals surface area contributed by atoms with Crippen molar-refractivity contribution in [2.24, 2.45) is 0 Å². The number of carbonyl (C=O) groups excluding carboxylic acids is 1. The molecule has 0 unspecified atom stereocenters. The number of hydrogen-bond donors (Lipinski definition) is 2. The van der Waals surface area contributed by atoms with Crippen LogP contribution in [0.2, 0.25) is 0 Å². The number of carboxylic acids is 1. The molecule has 1 aromatic rings. The summed E-state index contributed by atoms with van der Waals surface area (Å²) in [6.07, 6.45) is 0. The lowest BCUT2D eigenvalue weighted by molar-refractivity contribution is 0.0690. The Morgan fingerprint density at radius 3 is 2.57 bits per heavy atom. The van der Waals surface area contributed by atoms with E-state index in [0.29, 0.717) is 13.1 Å². The maximum absolute atomic E-state index is 12.1. The Balaban J connectivity index is 1.89. The largest absolute Gasteiger partial charge is 0.477 e. The number of aromatic nitrogens is 1. The molecule has 0 aromatic carbocycles. The van der Waals surface area contributed by atoms with Crippen molar-refractivity contribution in [1.29, 1.82) is 0 Å². The second-order valence-electron chi connectivity index (χ2n) is 4.80. The number of thioether (sulfide) groups is 1. The van der Waals surface area contributed by atoms with E-state index in [1.54, 1.807) is 11.8 Å². The molecule has 1 amide bonds. The zero-order valence-electron chi connectivity index (χ0n) is 12.3. The van der Waals surface area contributed by atoms with Crippen molar-refractivity contribution in [2.45, 2.75) is 0 Å². The second-order valence-corrected chi connectivity index (χ2v) is 8.11. The highest BCUT2D eigenvalue weighted by atomic mass is 32.2. The highest BCUT2D eigenvalue weighted by Crippen LogP contribution is 2.13. The molecule has 0 radical (unpaired) electrons. The van der Waals surface area contributed by atoms with Crippen LogP contribution >= 0.6 is 11.8 Å². The van der Waals surface area contributed by atoms with E-state index in [4.69, 9.17) is 5.11 Å². The van der Waals surface area contributed by atoms with Gasteiger partial charge in [-0.05, 0) is 12.1 Å². The first-order valence-corrected chi connectivity index (χ1v) is 9.70. The van der Waals surface area contributed by atoms with Crippen molar-refractivity contribution in [2.75, 3.05) is 36.9 Å². The minimum atomic E-state index is -3.39. The molecule has 0 aliphatic carbocycles. The summed E-state index contributed by atoms with van der Waals surface area (Å²) in [5, 5.41) is 11.3. The fraction of sp³-hybridized carbons (Fsp3) is 0.462. The molecule has 10 heteroatoms. The number of amides is 1. The molecule has 2 N–H and O–H groups in total. The van der Waals surface area contributed by atoms with Crippen molar-refractivity contribution in [3.63, 3.8) is 0 Å². The Kier molecular flexibility index (Phi) is 5.97. The molecular formula is C13H17N3O5S2. The molecule has 0 spiro atoms. The van der Waals surface area contributed by atoms with Crippen molar-refractivity contribution in [3.05, 3.63) is 29.6 Å². The van der Waals surface area contributed by atoms with Crippen LogP contribution in [0, 0.1) is 0 Å². The zero-order chi connectivity index (χ0) is 16.9. The van der Waals surface area contributed by atoms with E-state index in [2.05, 4.69) is 10.3 Å². The van der Waals surface area contributed by atoms with Gasteiger partial charge in [-0.2, -0.15) is 11.8 Å². The van der Waals surface area contributed by atoms with Gasteiger partial charge in [0, 0.05) is 31.1 Å². The molecule has 2 rings (SSSR count). The minimum Gasteiger partial charge on any atom is -0.477 e. The molecule has 1 aromatic heterocycles. The van der Waals surface area contributed by atoms with Gasteiger partial charge in [0.05, 0.1) is 5.75 Å². The van der Waals surface area contributed by atoms with Gasteiger partial charge in [0.2, 0.25) is 10.0 Å². The Labute approximate surface area is 138 Å². The van der Waals surface area contributed by atoms with Crippen molar-refractivity contribution >= 4 is 33.7 Å². The third kappa shape index (κ3) is 4.91. The summed E-state index contributed by atoms with van der Waals surface area (Å²) < 4.78 is 25.7. The van der Waals surface area contributed by atoms with Crippen LogP contribution in [0.25, 0.3) is 0 Å². The van der Waals surface area contributed by atoms with Gasteiger partial charge < -0.3 is 10.4 Å². The molecule has 1 saturated heterocycles. The number of aromatic carboxylic acids is 1. The van der Waals surface area contributed by atoms with E-state index in [0.717, 1.165) is 11.5 Å². The average molecular weight is 359 g/mol.